The van der Waals surface area contributed by atoms with Crippen LogP contribution in [0.5, 0.6) is 0 Å². The third-order valence-corrected chi connectivity index (χ3v) is 0.846. The fraction of sp³-hybridized carbons (Fsp3) is 1.00. The van der Waals surface area contributed by atoms with Gasteiger partial charge in [-0.05, 0) is 0 Å². The van der Waals surface area contributed by atoms with Crippen LogP contribution in [0.25, 0.3) is 0 Å². The third-order valence-electron chi connectivity index (χ3n) is 0.846. The summed E-state index contributed by atoms with van der Waals surface area (Å²) in [5, 5.41) is 3.16. The van der Waals surface area contributed by atoms with Gasteiger partial charge in [0, 0.05) is 34.5 Å². The highest BCUT2D eigenvalue weighted by atomic mass is 36.0. The second-order valence-electron chi connectivity index (χ2n) is 1.74. The van der Waals surface area contributed by atoms with Gasteiger partial charge in [-0.15, -0.1) is 0 Å². The molecule has 0 atom stereocenters. The predicted molar refractivity (Wildman–Crippen MR) is 44.3 cm³/mol. The Morgan fingerprint density at radius 3 is 1.64 bits per heavy atom. The molecular weight excluding hydrogens is 213 g/mol. The number of rotatable bonds is 0. The summed E-state index contributed by atoms with van der Waals surface area (Å²) in [6.45, 7) is 3.83. The Balaban J connectivity index is 0.000000187. The van der Waals surface area contributed by atoms with Gasteiger partial charge in [-0.1, -0.05) is 0 Å². The van der Waals surface area contributed by atoms with Crippen LogP contribution in [0.3, 0.4) is 0 Å². The van der Waals surface area contributed by atoms with E-state index in [1.165, 1.54) is 0 Å². The zero-order valence-electron chi connectivity index (χ0n) is 5.72. The van der Waals surface area contributed by atoms with Crippen molar-refractivity contribution in [2.24, 2.45) is 0 Å². The molecule has 4 nitrogen and oxygen atoms in total. The number of morpholine rings is 1. The molecule has 0 aliphatic carbocycles. The van der Waals surface area contributed by atoms with Crippen LogP contribution in [-0.4, -0.2) is 34.7 Å². The van der Waals surface area contributed by atoms with Crippen LogP contribution in [0.2, 0.25) is 0 Å². The van der Waals surface area contributed by atoms with Crippen LogP contribution < -0.4 is 5.32 Å². The van der Waals surface area contributed by atoms with Gasteiger partial charge in [-0.25, -0.2) is 0 Å². The molecule has 1 aliphatic heterocycles. The van der Waals surface area contributed by atoms with E-state index in [9.17, 15) is 0 Å². The van der Waals surface area contributed by atoms with Crippen LogP contribution >= 0.6 is 21.4 Å². The highest BCUT2D eigenvalue weighted by molar-refractivity contribution is 8.31. The maximum absolute atomic E-state index is 9.16. The Labute approximate surface area is 74.7 Å². The molecule has 0 aromatic heterocycles. The molecule has 0 aromatic rings. The second-order valence-corrected chi connectivity index (χ2v) is 5.41. The monoisotopic (exact) mass is 221 g/mol. The summed E-state index contributed by atoms with van der Waals surface area (Å²) in [5.74, 6) is 0. The van der Waals surface area contributed by atoms with Crippen molar-refractivity contribution >= 4 is 29.6 Å². The van der Waals surface area contributed by atoms with E-state index in [1.54, 1.807) is 0 Å². The summed E-state index contributed by atoms with van der Waals surface area (Å²) >= 11 is 0. The van der Waals surface area contributed by atoms with Crippen LogP contribution in [0.4, 0.5) is 0 Å². The molecule has 1 N–H and O–H groups in total. The van der Waals surface area contributed by atoms with Crippen molar-refractivity contribution in [3.63, 3.8) is 0 Å². The zero-order valence-corrected chi connectivity index (χ0v) is 8.05. The lowest BCUT2D eigenvalue weighted by Gasteiger charge is -2.10. The highest BCUT2D eigenvalue weighted by Crippen LogP contribution is 1.98. The Bertz CT molecular complexity index is 158. The lowest BCUT2D eigenvalue weighted by Crippen LogP contribution is -2.30. The predicted octanol–water partition coefficient (Wildman–Crippen LogP) is 0.315. The topological polar surface area (TPSA) is 55.4 Å². The van der Waals surface area contributed by atoms with Gasteiger partial charge >= 0.3 is 8.26 Å². The van der Waals surface area contributed by atoms with Crippen LogP contribution in [-0.2, 0) is 13.0 Å². The van der Waals surface area contributed by atoms with Crippen molar-refractivity contribution in [3.8, 4) is 0 Å². The summed E-state index contributed by atoms with van der Waals surface area (Å²) < 4.78 is 23.3. The standard InChI is InChI=1S/C4H9NO.Cl2O2S/c1-3-6-4-2-5-1;1-5(2,3)4/h5H,1-4H2;. The minimum absolute atomic E-state index is 0.889. The quantitative estimate of drug-likeness (QED) is 0.599. The van der Waals surface area contributed by atoms with E-state index in [2.05, 4.69) is 26.7 Å². The lowest BCUT2D eigenvalue weighted by molar-refractivity contribution is 0.109. The first kappa shape index (κ1) is 11.4. The summed E-state index contributed by atoms with van der Waals surface area (Å²) in [6.07, 6.45) is 0. The molecular formula is C4H9Cl2NO3S. The van der Waals surface area contributed by atoms with E-state index in [-0.39, 0.29) is 0 Å². The largest absolute Gasteiger partial charge is 0.379 e. The van der Waals surface area contributed by atoms with E-state index in [1.807, 2.05) is 0 Å². The average Bonchev–Trinajstić information content (AvgIpc) is 1.88. The molecule has 7 heteroatoms. The molecule has 1 aliphatic rings. The Morgan fingerprint density at radius 1 is 1.18 bits per heavy atom. The fourth-order valence-electron chi connectivity index (χ4n) is 0.516. The SMILES string of the molecule is C1COCCN1.O=S(=O)(Cl)Cl. The number of nitrogens with one attached hydrogen (secondary N) is 1. The van der Waals surface area contributed by atoms with E-state index >= 15 is 0 Å². The van der Waals surface area contributed by atoms with E-state index in [0.29, 0.717) is 0 Å². The highest BCUT2D eigenvalue weighted by Gasteiger charge is 1.93. The van der Waals surface area contributed by atoms with Crippen LogP contribution in [0.1, 0.15) is 0 Å². The first-order valence-corrected chi connectivity index (χ1v) is 6.06. The first-order chi connectivity index (χ1) is 5.00. The molecule has 0 unspecified atom stereocenters. The van der Waals surface area contributed by atoms with Gasteiger partial charge in [-0.2, -0.15) is 8.42 Å². The molecule has 1 heterocycles. The van der Waals surface area contributed by atoms with Crippen molar-refractivity contribution in [1.82, 2.24) is 5.32 Å². The summed E-state index contributed by atoms with van der Waals surface area (Å²) in [4.78, 5) is 0. The van der Waals surface area contributed by atoms with E-state index in [4.69, 9.17) is 13.2 Å². The minimum Gasteiger partial charge on any atom is -0.379 e. The molecule has 0 bridgehead atoms. The Morgan fingerprint density at radius 2 is 1.55 bits per heavy atom. The van der Waals surface area contributed by atoms with Crippen LogP contribution in [0.15, 0.2) is 0 Å². The maximum atomic E-state index is 9.16. The van der Waals surface area contributed by atoms with Gasteiger partial charge < -0.3 is 10.1 Å². The van der Waals surface area contributed by atoms with Gasteiger partial charge in [0.15, 0.2) is 0 Å². The lowest BCUT2D eigenvalue weighted by atomic mass is 10.5. The smallest absolute Gasteiger partial charge is 0.317 e. The summed E-state index contributed by atoms with van der Waals surface area (Å²) in [5.41, 5.74) is 0. The van der Waals surface area contributed by atoms with Gasteiger partial charge in [0.25, 0.3) is 0 Å². The van der Waals surface area contributed by atoms with Gasteiger partial charge in [-0.3, -0.25) is 0 Å². The van der Waals surface area contributed by atoms with Crippen molar-refractivity contribution in [3.05, 3.63) is 0 Å². The maximum Gasteiger partial charge on any atom is 0.317 e. The molecule has 1 saturated heterocycles. The number of hydrogen-bond acceptors (Lipinski definition) is 4. The summed E-state index contributed by atoms with van der Waals surface area (Å²) in [6, 6.07) is 0. The molecule has 0 aromatic carbocycles. The normalized spacial score (nSPS) is 18.4. The van der Waals surface area contributed by atoms with Crippen molar-refractivity contribution in [2.45, 2.75) is 0 Å². The number of halogens is 2. The molecule has 0 saturated carbocycles. The van der Waals surface area contributed by atoms with Gasteiger partial charge in [0.1, 0.15) is 0 Å². The third kappa shape index (κ3) is 17.9. The first-order valence-electron chi connectivity index (χ1n) is 2.93. The van der Waals surface area contributed by atoms with Crippen molar-refractivity contribution in [1.29, 1.82) is 0 Å². The van der Waals surface area contributed by atoms with Gasteiger partial charge in [0.05, 0.1) is 13.2 Å². The molecule has 11 heavy (non-hydrogen) atoms. The van der Waals surface area contributed by atoms with Crippen molar-refractivity contribution < 1.29 is 13.2 Å². The molecule has 0 spiro atoms. The second kappa shape index (κ2) is 6.02. The average molecular weight is 222 g/mol. The Hall–Kier alpha value is 0.450. The molecule has 1 fully saturated rings. The zero-order chi connectivity index (χ0) is 8.74. The number of ether oxygens (including phenoxy) is 1. The van der Waals surface area contributed by atoms with E-state index in [0.717, 1.165) is 26.3 Å². The molecule has 1 rings (SSSR count). The van der Waals surface area contributed by atoms with E-state index < -0.39 is 8.26 Å². The molecule has 68 valence electrons. The number of hydrogen-bond donors (Lipinski definition) is 1. The van der Waals surface area contributed by atoms with Crippen LogP contribution in [0, 0.1) is 0 Å². The fourth-order valence-corrected chi connectivity index (χ4v) is 0.516. The minimum atomic E-state index is -3.72. The Kier molecular flexibility index (Phi) is 6.27. The molecule has 0 radical (unpaired) electrons. The van der Waals surface area contributed by atoms with Gasteiger partial charge in [0.2, 0.25) is 0 Å². The molecule has 0 amide bonds. The van der Waals surface area contributed by atoms with Crippen molar-refractivity contribution in [2.75, 3.05) is 26.3 Å². The summed E-state index contributed by atoms with van der Waals surface area (Å²) in [7, 11) is 4.81.